The van der Waals surface area contributed by atoms with Crippen molar-refractivity contribution in [1.82, 2.24) is 19.9 Å². The maximum atomic E-state index is 12.5. The number of aromatic nitrogens is 4. The number of nitrogens with zero attached hydrogens (tertiary/aromatic N) is 4. The van der Waals surface area contributed by atoms with Crippen LogP contribution in [0.4, 0.5) is 10.2 Å². The smallest absolute Gasteiger partial charge is 0.144 e. The van der Waals surface area contributed by atoms with E-state index in [1.807, 2.05) is 46.2 Å². The molecule has 0 bridgehead atoms. The van der Waals surface area contributed by atoms with Crippen LogP contribution in [-0.4, -0.2) is 19.9 Å². The van der Waals surface area contributed by atoms with E-state index in [0.717, 1.165) is 22.5 Å². The number of anilines is 1. The van der Waals surface area contributed by atoms with Gasteiger partial charge >= 0.3 is 0 Å². The van der Waals surface area contributed by atoms with E-state index >= 15 is 0 Å². The first-order valence-electron chi connectivity index (χ1n) is 7.80. The number of rotatable bonds is 0. The van der Waals surface area contributed by atoms with Gasteiger partial charge in [-0.1, -0.05) is 6.07 Å². The van der Waals surface area contributed by atoms with Gasteiger partial charge in [0.2, 0.25) is 0 Å². The van der Waals surface area contributed by atoms with Crippen molar-refractivity contribution in [2.24, 2.45) is 0 Å². The highest BCUT2D eigenvalue weighted by Crippen LogP contribution is 2.03. The molecule has 0 aromatic carbocycles. The molecule has 3 heterocycles. The second-order valence-electron chi connectivity index (χ2n) is 5.65. The van der Waals surface area contributed by atoms with E-state index in [1.165, 1.54) is 6.07 Å². The fourth-order valence-corrected chi connectivity index (χ4v) is 1.54. The minimum Gasteiger partial charge on any atom is -0.384 e. The van der Waals surface area contributed by atoms with Gasteiger partial charge in [0.15, 0.2) is 0 Å². The summed E-state index contributed by atoms with van der Waals surface area (Å²) in [5.41, 5.74) is 8.88. The lowest BCUT2D eigenvalue weighted by atomic mass is 10.3. The number of hydrogen-bond acceptors (Lipinski definition) is 5. The van der Waals surface area contributed by atoms with Crippen LogP contribution in [0.25, 0.3) is 0 Å². The topological polar surface area (TPSA) is 77.6 Å². The number of hydrogen-bond donors (Lipinski definition) is 1. The Morgan fingerprint density at radius 2 is 1.28 bits per heavy atom. The molecule has 3 aromatic heterocycles. The Kier molecular flexibility index (Phi) is 8.12. The van der Waals surface area contributed by atoms with E-state index < -0.39 is 0 Å². The van der Waals surface area contributed by atoms with Gasteiger partial charge in [-0.2, -0.15) is 0 Å². The van der Waals surface area contributed by atoms with Crippen molar-refractivity contribution in [2.75, 3.05) is 5.73 Å². The molecule has 0 saturated carbocycles. The second kappa shape index (κ2) is 10.1. The number of nitrogen functional groups attached to an aromatic ring is 1. The molecule has 0 atom stereocenters. The molecule has 0 unspecified atom stereocenters. The molecule has 2 N–H and O–H groups in total. The molecule has 5 nitrogen and oxygen atoms in total. The first-order chi connectivity index (χ1) is 11.8. The Hall–Kier alpha value is -2.89. The summed E-state index contributed by atoms with van der Waals surface area (Å²) >= 11 is 0. The Labute approximate surface area is 148 Å². The summed E-state index contributed by atoms with van der Waals surface area (Å²) in [6.07, 6.45) is 7.01. The van der Waals surface area contributed by atoms with Crippen LogP contribution in [0.5, 0.6) is 0 Å². The van der Waals surface area contributed by atoms with Gasteiger partial charge in [-0.3, -0.25) is 4.98 Å². The summed E-state index contributed by atoms with van der Waals surface area (Å²) in [4.78, 5) is 15.6. The third-order valence-electron chi connectivity index (χ3n) is 3.01. The predicted octanol–water partition coefficient (Wildman–Crippen LogP) is 3.90. The Balaban J connectivity index is 0.000000188. The zero-order valence-electron chi connectivity index (χ0n) is 15.3. The van der Waals surface area contributed by atoms with Crippen LogP contribution in [-0.2, 0) is 0 Å². The Morgan fingerprint density at radius 3 is 1.68 bits per heavy atom. The first kappa shape index (κ1) is 20.2. The SMILES string of the molecule is Cc1ccc(N)nc1.Cc1cnc(C)c(F)c1.Cc1cnc(C)nc1. The van der Waals surface area contributed by atoms with Crippen molar-refractivity contribution in [3.63, 3.8) is 0 Å². The zero-order chi connectivity index (χ0) is 18.8. The van der Waals surface area contributed by atoms with E-state index in [4.69, 9.17) is 5.73 Å². The predicted molar refractivity (Wildman–Crippen MR) is 98.6 cm³/mol. The van der Waals surface area contributed by atoms with Crippen LogP contribution in [0.2, 0.25) is 0 Å². The average molecular weight is 341 g/mol. The minimum absolute atomic E-state index is 0.227. The van der Waals surface area contributed by atoms with Gasteiger partial charge in [0, 0.05) is 24.8 Å². The summed E-state index contributed by atoms with van der Waals surface area (Å²) in [5.74, 6) is 1.18. The Morgan fingerprint density at radius 1 is 0.720 bits per heavy atom. The molecular formula is C19H24FN5. The van der Waals surface area contributed by atoms with Gasteiger partial charge < -0.3 is 5.73 Å². The minimum atomic E-state index is -0.227. The van der Waals surface area contributed by atoms with E-state index in [0.29, 0.717) is 11.5 Å². The van der Waals surface area contributed by atoms with Crippen molar-refractivity contribution < 1.29 is 4.39 Å². The molecule has 3 aromatic rings. The van der Waals surface area contributed by atoms with Crippen LogP contribution < -0.4 is 5.73 Å². The standard InChI is InChI=1S/C7H8FN.2C6H8N2/c1-5-3-7(8)6(2)9-4-5;1-5-3-7-6(2)8-4-5;1-5-2-3-6(7)8-4-5/h3-4H,1-2H3;3-4H,1-2H3;2-4H,1H3,(H2,7,8). The zero-order valence-corrected chi connectivity index (χ0v) is 15.3. The number of aryl methyl sites for hydroxylation is 5. The highest BCUT2D eigenvalue weighted by atomic mass is 19.1. The van der Waals surface area contributed by atoms with E-state index in [1.54, 1.807) is 25.4 Å². The van der Waals surface area contributed by atoms with Gasteiger partial charge in [-0.05, 0) is 63.4 Å². The fourth-order valence-electron chi connectivity index (χ4n) is 1.54. The van der Waals surface area contributed by atoms with Gasteiger partial charge in [0.1, 0.15) is 17.5 Å². The normalized spacial score (nSPS) is 9.36. The summed E-state index contributed by atoms with van der Waals surface area (Å²) in [5, 5.41) is 0. The van der Waals surface area contributed by atoms with Crippen molar-refractivity contribution >= 4 is 5.82 Å². The molecule has 0 amide bonds. The molecule has 0 spiro atoms. The van der Waals surface area contributed by atoms with Crippen molar-refractivity contribution in [3.05, 3.63) is 77.0 Å². The highest BCUT2D eigenvalue weighted by Gasteiger charge is 1.95. The summed E-state index contributed by atoms with van der Waals surface area (Å²) < 4.78 is 12.5. The van der Waals surface area contributed by atoms with Crippen LogP contribution in [0.15, 0.2) is 43.0 Å². The molecule has 3 rings (SSSR count). The second-order valence-corrected chi connectivity index (χ2v) is 5.65. The highest BCUT2D eigenvalue weighted by molar-refractivity contribution is 5.28. The molecular weight excluding hydrogens is 317 g/mol. The molecule has 0 aliphatic carbocycles. The molecule has 0 radical (unpaired) electrons. The number of halogens is 1. The number of nitrogens with two attached hydrogens (primary N) is 1. The average Bonchev–Trinajstić information content (AvgIpc) is 2.58. The van der Waals surface area contributed by atoms with Gasteiger partial charge in [-0.25, -0.2) is 19.3 Å². The maximum Gasteiger partial charge on any atom is 0.144 e. The molecule has 0 fully saturated rings. The quantitative estimate of drug-likeness (QED) is 0.671. The van der Waals surface area contributed by atoms with E-state index in [2.05, 4.69) is 19.9 Å². The Bertz CT molecular complexity index is 685. The van der Waals surface area contributed by atoms with Crippen molar-refractivity contribution in [3.8, 4) is 0 Å². The first-order valence-corrected chi connectivity index (χ1v) is 7.80. The van der Waals surface area contributed by atoms with Crippen molar-refractivity contribution in [2.45, 2.75) is 34.6 Å². The van der Waals surface area contributed by atoms with Crippen LogP contribution in [0.1, 0.15) is 28.2 Å². The van der Waals surface area contributed by atoms with E-state index in [9.17, 15) is 4.39 Å². The maximum absolute atomic E-state index is 12.5. The third-order valence-corrected chi connectivity index (χ3v) is 3.01. The lowest BCUT2D eigenvalue weighted by Crippen LogP contribution is -1.87. The van der Waals surface area contributed by atoms with Gasteiger partial charge in [-0.15, -0.1) is 0 Å². The van der Waals surface area contributed by atoms with Crippen LogP contribution in [0, 0.1) is 40.4 Å². The van der Waals surface area contributed by atoms with Crippen LogP contribution in [0.3, 0.4) is 0 Å². The van der Waals surface area contributed by atoms with E-state index in [-0.39, 0.29) is 5.82 Å². The summed E-state index contributed by atoms with van der Waals surface area (Å²) in [6, 6.07) is 5.19. The molecule has 0 aliphatic rings. The van der Waals surface area contributed by atoms with Gasteiger partial charge in [0.05, 0.1) is 5.69 Å². The summed E-state index contributed by atoms with van der Waals surface area (Å²) in [7, 11) is 0. The monoisotopic (exact) mass is 341 g/mol. The molecule has 132 valence electrons. The van der Waals surface area contributed by atoms with Gasteiger partial charge in [0.25, 0.3) is 0 Å². The number of pyridine rings is 2. The fraction of sp³-hybridized carbons (Fsp3) is 0.263. The lowest BCUT2D eigenvalue weighted by molar-refractivity contribution is 0.608. The molecule has 25 heavy (non-hydrogen) atoms. The molecule has 0 saturated heterocycles. The largest absolute Gasteiger partial charge is 0.384 e. The van der Waals surface area contributed by atoms with Crippen LogP contribution >= 0.6 is 0 Å². The summed E-state index contributed by atoms with van der Waals surface area (Å²) in [6.45, 7) is 9.29. The van der Waals surface area contributed by atoms with Crippen molar-refractivity contribution in [1.29, 1.82) is 0 Å². The molecule has 0 aliphatic heterocycles. The molecule has 6 heteroatoms. The lowest BCUT2D eigenvalue weighted by Gasteiger charge is -1.93. The third kappa shape index (κ3) is 8.50.